The van der Waals surface area contributed by atoms with E-state index in [0.29, 0.717) is 26.7 Å². The van der Waals surface area contributed by atoms with E-state index in [1.807, 2.05) is 0 Å². The van der Waals surface area contributed by atoms with Gasteiger partial charge in [0.25, 0.3) is 5.56 Å². The lowest BCUT2D eigenvalue weighted by atomic mass is 10.0. The van der Waals surface area contributed by atoms with Gasteiger partial charge in [0.2, 0.25) is 5.91 Å². The first-order chi connectivity index (χ1) is 20.3. The minimum absolute atomic E-state index is 0.0113. The largest absolute Gasteiger partial charge is 0.496 e. The van der Waals surface area contributed by atoms with Gasteiger partial charge >= 0.3 is 5.69 Å². The van der Waals surface area contributed by atoms with Crippen molar-refractivity contribution in [2.45, 2.75) is 65.8 Å². The SMILES string of the molecule is COc1ccc(F)cc1[C@H](Cn1c(=O)n(C(C)(C)C(=O)NC(C)C)c(=O)c2c(C)c(-n3cccn3)sc21)OC[C@H](C)C#N. The van der Waals surface area contributed by atoms with Crippen molar-refractivity contribution in [1.82, 2.24) is 24.2 Å². The third-order valence-electron chi connectivity index (χ3n) is 7.09. The number of fused-ring (bicyclic) bond motifs is 1. The van der Waals surface area contributed by atoms with Crippen molar-refractivity contribution in [2.24, 2.45) is 5.92 Å². The molecule has 2 atom stereocenters. The summed E-state index contributed by atoms with van der Waals surface area (Å²) in [6.07, 6.45) is 2.37. The van der Waals surface area contributed by atoms with Crippen LogP contribution in [0.5, 0.6) is 5.75 Å². The Morgan fingerprint density at radius 2 is 1.98 bits per heavy atom. The smallest absolute Gasteiger partial charge is 0.333 e. The van der Waals surface area contributed by atoms with E-state index in [4.69, 9.17) is 9.47 Å². The van der Waals surface area contributed by atoms with E-state index in [1.165, 1.54) is 55.1 Å². The molecule has 0 bridgehead atoms. The number of carbonyl (C=O) groups is 1. The molecule has 0 aliphatic carbocycles. The first-order valence-electron chi connectivity index (χ1n) is 13.8. The monoisotopic (exact) mass is 610 g/mol. The second-order valence-corrected chi connectivity index (χ2v) is 12.1. The van der Waals surface area contributed by atoms with Crippen molar-refractivity contribution in [3.8, 4) is 16.8 Å². The van der Waals surface area contributed by atoms with Gasteiger partial charge in [-0.2, -0.15) is 10.4 Å². The number of rotatable bonds is 11. The summed E-state index contributed by atoms with van der Waals surface area (Å²) >= 11 is 1.19. The number of hydrogen-bond acceptors (Lipinski definition) is 8. The zero-order valence-electron chi connectivity index (χ0n) is 25.2. The Hall–Kier alpha value is -4.28. The highest BCUT2D eigenvalue weighted by Crippen LogP contribution is 2.34. The molecule has 0 aliphatic rings. The van der Waals surface area contributed by atoms with Gasteiger partial charge in [-0.1, -0.05) is 11.3 Å². The van der Waals surface area contributed by atoms with Crippen LogP contribution in [0.15, 0.2) is 46.2 Å². The second kappa shape index (κ2) is 12.5. The molecule has 43 heavy (non-hydrogen) atoms. The van der Waals surface area contributed by atoms with E-state index in [0.717, 1.165) is 4.57 Å². The lowest BCUT2D eigenvalue weighted by Crippen LogP contribution is -2.56. The van der Waals surface area contributed by atoms with E-state index in [-0.39, 0.29) is 24.6 Å². The summed E-state index contributed by atoms with van der Waals surface area (Å²) in [6.45, 7) is 9.85. The number of nitrogens with one attached hydrogen (secondary N) is 1. The van der Waals surface area contributed by atoms with Crippen LogP contribution in [0.25, 0.3) is 15.2 Å². The molecule has 0 radical (unpaired) electrons. The van der Waals surface area contributed by atoms with Crippen molar-refractivity contribution in [3.63, 3.8) is 0 Å². The van der Waals surface area contributed by atoms with Gasteiger partial charge < -0.3 is 14.8 Å². The van der Waals surface area contributed by atoms with Crippen LogP contribution in [0, 0.1) is 30.0 Å². The van der Waals surface area contributed by atoms with Gasteiger partial charge in [0, 0.05) is 29.6 Å². The fraction of sp³-hybridized carbons (Fsp3) is 0.433. The van der Waals surface area contributed by atoms with Crippen LogP contribution in [0.2, 0.25) is 0 Å². The number of ether oxygens (including phenoxy) is 2. The van der Waals surface area contributed by atoms with Gasteiger partial charge in [-0.05, 0) is 65.8 Å². The van der Waals surface area contributed by atoms with Crippen LogP contribution in [0.4, 0.5) is 4.39 Å². The lowest BCUT2D eigenvalue weighted by molar-refractivity contribution is -0.129. The highest BCUT2D eigenvalue weighted by Gasteiger charge is 2.36. The molecule has 11 nitrogen and oxygen atoms in total. The minimum atomic E-state index is -1.57. The number of hydrogen-bond donors (Lipinski definition) is 1. The van der Waals surface area contributed by atoms with Crippen LogP contribution >= 0.6 is 11.3 Å². The number of thiophene rings is 1. The maximum Gasteiger partial charge on any atom is 0.333 e. The fourth-order valence-electron chi connectivity index (χ4n) is 4.80. The number of nitrogens with zero attached hydrogens (tertiary/aromatic N) is 5. The van der Waals surface area contributed by atoms with Crippen molar-refractivity contribution in [3.05, 3.63) is 74.4 Å². The summed E-state index contributed by atoms with van der Waals surface area (Å²) in [4.78, 5) is 42.1. The molecule has 3 aromatic heterocycles. The summed E-state index contributed by atoms with van der Waals surface area (Å²) in [5.74, 6) is -1.22. The van der Waals surface area contributed by atoms with Crippen molar-refractivity contribution in [1.29, 1.82) is 5.26 Å². The maximum atomic E-state index is 14.5. The summed E-state index contributed by atoms with van der Waals surface area (Å²) in [6, 6.07) is 7.58. The highest BCUT2D eigenvalue weighted by atomic mass is 32.1. The van der Waals surface area contributed by atoms with E-state index >= 15 is 0 Å². The first-order valence-corrected chi connectivity index (χ1v) is 14.6. The predicted molar refractivity (Wildman–Crippen MR) is 161 cm³/mol. The topological polar surface area (TPSA) is 133 Å². The van der Waals surface area contributed by atoms with Crippen LogP contribution in [0.1, 0.15) is 51.8 Å². The van der Waals surface area contributed by atoms with Crippen molar-refractivity contribution < 1.29 is 18.7 Å². The molecule has 3 heterocycles. The second-order valence-electron chi connectivity index (χ2n) is 11.1. The highest BCUT2D eigenvalue weighted by molar-refractivity contribution is 7.21. The number of amides is 1. The van der Waals surface area contributed by atoms with Gasteiger partial charge in [0.05, 0.1) is 37.6 Å². The van der Waals surface area contributed by atoms with Gasteiger partial charge in [0.1, 0.15) is 33.0 Å². The predicted octanol–water partition coefficient (Wildman–Crippen LogP) is 4.04. The Kier molecular flexibility index (Phi) is 9.22. The van der Waals surface area contributed by atoms with E-state index in [2.05, 4.69) is 16.5 Å². The van der Waals surface area contributed by atoms with Gasteiger partial charge in [-0.3, -0.25) is 14.2 Å². The quantitative estimate of drug-likeness (QED) is 0.271. The fourth-order valence-corrected chi connectivity index (χ4v) is 6.04. The maximum absolute atomic E-state index is 14.5. The van der Waals surface area contributed by atoms with E-state index in [1.54, 1.807) is 50.8 Å². The summed E-state index contributed by atoms with van der Waals surface area (Å²) in [7, 11) is 1.44. The molecule has 0 fully saturated rings. The Morgan fingerprint density at radius 1 is 1.26 bits per heavy atom. The number of benzene rings is 1. The average molecular weight is 611 g/mol. The van der Waals surface area contributed by atoms with Gasteiger partial charge in [-0.25, -0.2) is 18.4 Å². The Morgan fingerprint density at radius 3 is 2.58 bits per heavy atom. The summed E-state index contributed by atoms with van der Waals surface area (Å²) in [5, 5.41) is 17.4. The number of halogens is 1. The number of aryl methyl sites for hydroxylation is 1. The van der Waals surface area contributed by atoms with Gasteiger partial charge in [0.15, 0.2) is 0 Å². The number of aromatic nitrogens is 4. The minimum Gasteiger partial charge on any atom is -0.496 e. The Balaban J connectivity index is 2.03. The van der Waals surface area contributed by atoms with Crippen molar-refractivity contribution >= 4 is 27.5 Å². The van der Waals surface area contributed by atoms with E-state index < -0.39 is 40.5 Å². The third kappa shape index (κ3) is 6.11. The van der Waals surface area contributed by atoms with Crippen molar-refractivity contribution in [2.75, 3.05) is 13.7 Å². The number of carbonyl (C=O) groups excluding carboxylic acids is 1. The molecule has 0 aliphatic heterocycles. The lowest BCUT2D eigenvalue weighted by Gasteiger charge is -2.28. The van der Waals surface area contributed by atoms with Gasteiger partial charge in [-0.15, -0.1) is 0 Å². The molecule has 0 spiro atoms. The first kappa shape index (κ1) is 31.7. The van der Waals surface area contributed by atoms with Crippen LogP contribution < -0.4 is 21.3 Å². The van der Waals surface area contributed by atoms with Crippen LogP contribution in [-0.4, -0.2) is 44.6 Å². The molecule has 1 amide bonds. The zero-order chi connectivity index (χ0) is 31.6. The third-order valence-corrected chi connectivity index (χ3v) is 8.39. The Labute approximate surface area is 252 Å². The standard InChI is InChI=1S/C30H35FN6O5S/c1-17(2)34-28(39)30(5,6)37-25(38)24-19(4)26(36-12-8-11-33-36)43-27(24)35(29(37)40)15-23(42-16-18(3)14-32)21-13-20(31)9-10-22(21)41-7/h8-13,17-18,23H,15-16H2,1-7H3,(H,34,39)/t18-,23+/m1/s1. The number of nitriles is 1. The van der Waals surface area contributed by atoms with Crippen LogP contribution in [-0.2, 0) is 21.6 Å². The molecule has 1 aromatic carbocycles. The Bertz CT molecular complexity index is 1800. The zero-order valence-corrected chi connectivity index (χ0v) is 26.0. The molecule has 0 saturated heterocycles. The molecular weight excluding hydrogens is 575 g/mol. The molecule has 4 rings (SSSR count). The number of methoxy groups -OCH3 is 1. The van der Waals surface area contributed by atoms with E-state index in [9.17, 15) is 24.0 Å². The van der Waals surface area contributed by atoms with Crippen LogP contribution in [0.3, 0.4) is 0 Å². The molecule has 0 unspecified atom stereocenters. The molecular formula is C30H35FN6O5S. The summed E-state index contributed by atoms with van der Waals surface area (Å²) < 4.78 is 30.1. The average Bonchev–Trinajstić information content (AvgIpc) is 3.60. The molecule has 13 heteroatoms. The molecule has 1 N–H and O–H groups in total. The molecule has 0 saturated carbocycles. The molecule has 228 valence electrons. The molecule has 4 aromatic rings. The summed E-state index contributed by atoms with van der Waals surface area (Å²) in [5.41, 5.74) is -2.03. The normalized spacial score (nSPS) is 13.2.